The zero-order chi connectivity index (χ0) is 41.4. The van der Waals surface area contributed by atoms with Crippen LogP contribution in [0.3, 0.4) is 0 Å². The van der Waals surface area contributed by atoms with E-state index in [0.717, 1.165) is 39.3 Å². The molecule has 0 N–H and O–H groups in total. The van der Waals surface area contributed by atoms with Crippen LogP contribution in [-0.4, -0.2) is 4.98 Å². The average molecular weight is 813 g/mol. The zero-order valence-electron chi connectivity index (χ0n) is 34.3. The van der Waals surface area contributed by atoms with Crippen LogP contribution in [0.25, 0.3) is 87.2 Å². The van der Waals surface area contributed by atoms with Gasteiger partial charge in [-0.1, -0.05) is 166 Å². The molecule has 0 saturated heterocycles. The number of anilines is 3. The minimum absolute atomic E-state index is 0.138. The van der Waals surface area contributed by atoms with E-state index in [4.69, 9.17) is 9.40 Å². The second-order valence-corrected chi connectivity index (χ2v) is 17.8. The van der Waals surface area contributed by atoms with Gasteiger partial charge in [0.1, 0.15) is 5.52 Å². The van der Waals surface area contributed by atoms with E-state index >= 15 is 0 Å². The number of benzene rings is 9. The van der Waals surface area contributed by atoms with Crippen LogP contribution in [0.1, 0.15) is 25.0 Å². The quantitative estimate of drug-likeness (QED) is 0.161. The van der Waals surface area contributed by atoms with Gasteiger partial charge in [0, 0.05) is 54.3 Å². The van der Waals surface area contributed by atoms with Crippen molar-refractivity contribution in [2.24, 2.45) is 0 Å². The largest absolute Gasteiger partial charge is 0.436 e. The summed E-state index contributed by atoms with van der Waals surface area (Å²) in [6.45, 7) is 4.68. The van der Waals surface area contributed by atoms with Crippen LogP contribution < -0.4 is 4.90 Å². The Kier molecular flexibility index (Phi) is 8.38. The highest BCUT2D eigenvalue weighted by Crippen LogP contribution is 2.51. The maximum atomic E-state index is 6.55. The molecule has 1 aliphatic carbocycles. The van der Waals surface area contributed by atoms with Gasteiger partial charge in [-0.25, -0.2) is 4.98 Å². The molecule has 3 nitrogen and oxygen atoms in total. The molecule has 0 radical (unpaired) electrons. The molecule has 62 heavy (non-hydrogen) atoms. The fourth-order valence-corrected chi connectivity index (χ4v) is 10.9. The first-order valence-electron chi connectivity index (χ1n) is 21.2. The molecule has 0 fully saturated rings. The van der Waals surface area contributed by atoms with Crippen LogP contribution in [0.15, 0.2) is 211 Å². The van der Waals surface area contributed by atoms with E-state index in [9.17, 15) is 0 Å². The SMILES string of the molecule is CC1(C)c2ccccc2-c2ccc(N(c3ccc(-c4cccc5c4sc4c(-c6ccccc6)cccc45)cc3)c3ccc4nc(-c5ccc(-c6ccccc6)cc5)oc4c3)cc21. The standard InChI is InChI=1S/C58H40N2OS/c1-58(2)51-22-10-9-17-47(51)48-33-31-43(35-52(48)58)60(44-32-34-53-54(36-44)61-57(59-53)41-25-23-38(24-26-41)37-13-5-3-6-14-37)42-29-27-40(28-30-42)46-19-12-21-50-49-20-11-18-45(55(49)62-56(46)50)39-15-7-4-8-16-39/h3-36H,1-2H3. The third-order valence-electron chi connectivity index (χ3n) is 12.7. The van der Waals surface area contributed by atoms with Gasteiger partial charge in [0.15, 0.2) is 5.58 Å². The molecular formula is C58H40N2OS. The van der Waals surface area contributed by atoms with Crippen molar-refractivity contribution in [2.45, 2.75) is 19.3 Å². The Morgan fingerprint density at radius 1 is 0.419 bits per heavy atom. The molecule has 12 rings (SSSR count). The molecule has 2 heterocycles. The lowest BCUT2D eigenvalue weighted by molar-refractivity contribution is 0.620. The molecule has 0 amide bonds. The summed E-state index contributed by atoms with van der Waals surface area (Å²) in [4.78, 5) is 7.30. The Labute approximate surface area is 364 Å². The predicted molar refractivity (Wildman–Crippen MR) is 261 cm³/mol. The molecule has 11 aromatic rings. The molecular weight excluding hydrogens is 773 g/mol. The molecule has 0 saturated carbocycles. The summed E-state index contributed by atoms with van der Waals surface area (Å²) >= 11 is 1.89. The van der Waals surface area contributed by atoms with Gasteiger partial charge in [0.25, 0.3) is 0 Å². The van der Waals surface area contributed by atoms with E-state index in [1.54, 1.807) is 0 Å². The molecule has 1 aliphatic rings. The Bertz CT molecular complexity index is 3470. The van der Waals surface area contributed by atoms with Crippen molar-refractivity contribution in [3.8, 4) is 56.0 Å². The van der Waals surface area contributed by atoms with E-state index in [-0.39, 0.29) is 5.41 Å². The van der Waals surface area contributed by atoms with Crippen molar-refractivity contribution in [1.82, 2.24) is 4.98 Å². The maximum absolute atomic E-state index is 6.55. The highest BCUT2D eigenvalue weighted by Gasteiger charge is 2.35. The summed E-state index contributed by atoms with van der Waals surface area (Å²) in [6, 6.07) is 74.2. The number of nitrogens with zero attached hydrogens (tertiary/aromatic N) is 2. The van der Waals surface area contributed by atoms with Gasteiger partial charge in [0.05, 0.1) is 0 Å². The van der Waals surface area contributed by atoms with E-state index in [0.29, 0.717) is 5.89 Å². The highest BCUT2D eigenvalue weighted by atomic mass is 32.1. The van der Waals surface area contributed by atoms with Crippen LogP contribution >= 0.6 is 11.3 Å². The first-order chi connectivity index (χ1) is 30.5. The number of aromatic nitrogens is 1. The second kappa shape index (κ2) is 14.3. The van der Waals surface area contributed by atoms with Crippen molar-refractivity contribution in [1.29, 1.82) is 0 Å². The Morgan fingerprint density at radius 2 is 0.935 bits per heavy atom. The van der Waals surface area contributed by atoms with Gasteiger partial charge in [-0.15, -0.1) is 11.3 Å². The first-order valence-corrected chi connectivity index (χ1v) is 22.0. The number of hydrogen-bond acceptors (Lipinski definition) is 4. The highest BCUT2D eigenvalue weighted by molar-refractivity contribution is 7.26. The molecule has 2 aromatic heterocycles. The fraction of sp³-hybridized carbons (Fsp3) is 0.0517. The lowest BCUT2D eigenvalue weighted by Crippen LogP contribution is -2.16. The molecule has 0 bridgehead atoms. The van der Waals surface area contributed by atoms with Gasteiger partial charge in [-0.2, -0.15) is 0 Å². The van der Waals surface area contributed by atoms with Gasteiger partial charge in [0.2, 0.25) is 5.89 Å². The van der Waals surface area contributed by atoms with Crippen molar-refractivity contribution in [2.75, 3.05) is 4.90 Å². The topological polar surface area (TPSA) is 29.3 Å². The molecule has 0 atom stereocenters. The zero-order valence-corrected chi connectivity index (χ0v) is 35.2. The Morgan fingerprint density at radius 3 is 1.65 bits per heavy atom. The van der Waals surface area contributed by atoms with Crippen molar-refractivity contribution in [3.05, 3.63) is 217 Å². The summed E-state index contributed by atoms with van der Waals surface area (Å²) in [7, 11) is 0. The molecule has 294 valence electrons. The molecule has 0 unspecified atom stereocenters. The molecule has 0 spiro atoms. The number of rotatable bonds is 7. The lowest BCUT2D eigenvalue weighted by atomic mass is 9.82. The Hall–Kier alpha value is -7.53. The second-order valence-electron chi connectivity index (χ2n) is 16.7. The third kappa shape index (κ3) is 5.90. The van der Waals surface area contributed by atoms with Gasteiger partial charge >= 0.3 is 0 Å². The monoisotopic (exact) mass is 812 g/mol. The maximum Gasteiger partial charge on any atom is 0.227 e. The Balaban J connectivity index is 0.957. The van der Waals surface area contributed by atoms with Crippen LogP contribution in [0, 0.1) is 0 Å². The number of oxazole rings is 1. The summed E-state index contributed by atoms with van der Waals surface area (Å²) in [5.41, 5.74) is 18.1. The van der Waals surface area contributed by atoms with E-state index in [1.807, 2.05) is 17.4 Å². The fourth-order valence-electron chi connectivity index (χ4n) is 9.57. The first kappa shape index (κ1) is 36.3. The third-order valence-corrected chi connectivity index (χ3v) is 14.0. The van der Waals surface area contributed by atoms with Crippen molar-refractivity contribution in [3.63, 3.8) is 0 Å². The van der Waals surface area contributed by atoms with Crippen molar-refractivity contribution >= 4 is 59.7 Å². The van der Waals surface area contributed by atoms with E-state index in [1.165, 1.54) is 70.2 Å². The molecule has 0 aliphatic heterocycles. The van der Waals surface area contributed by atoms with E-state index < -0.39 is 0 Å². The summed E-state index contributed by atoms with van der Waals surface area (Å²) in [5.74, 6) is 0.607. The predicted octanol–water partition coefficient (Wildman–Crippen LogP) is 16.6. The number of fused-ring (bicyclic) bond motifs is 7. The lowest BCUT2D eigenvalue weighted by Gasteiger charge is -2.28. The summed E-state index contributed by atoms with van der Waals surface area (Å²) in [5, 5.41) is 2.59. The average Bonchev–Trinajstić information content (AvgIpc) is 4.00. The molecule has 9 aromatic carbocycles. The van der Waals surface area contributed by atoms with Crippen LogP contribution in [0.2, 0.25) is 0 Å². The van der Waals surface area contributed by atoms with Crippen LogP contribution in [0.4, 0.5) is 17.1 Å². The van der Waals surface area contributed by atoms with Crippen molar-refractivity contribution < 1.29 is 4.42 Å². The van der Waals surface area contributed by atoms with Gasteiger partial charge in [-0.05, 0) is 104 Å². The number of hydrogen-bond donors (Lipinski definition) is 0. The number of thiophene rings is 1. The normalized spacial score (nSPS) is 12.8. The minimum Gasteiger partial charge on any atom is -0.436 e. The summed E-state index contributed by atoms with van der Waals surface area (Å²) < 4.78 is 9.18. The van der Waals surface area contributed by atoms with Crippen LogP contribution in [-0.2, 0) is 5.41 Å². The van der Waals surface area contributed by atoms with Gasteiger partial charge < -0.3 is 9.32 Å². The van der Waals surface area contributed by atoms with Gasteiger partial charge in [-0.3, -0.25) is 0 Å². The van der Waals surface area contributed by atoms with Crippen LogP contribution in [0.5, 0.6) is 0 Å². The molecule has 4 heteroatoms. The minimum atomic E-state index is -0.138. The smallest absolute Gasteiger partial charge is 0.227 e. The van der Waals surface area contributed by atoms with E-state index in [2.05, 4.69) is 219 Å². The summed E-state index contributed by atoms with van der Waals surface area (Å²) in [6.07, 6.45) is 0.